The van der Waals surface area contributed by atoms with Gasteiger partial charge < -0.3 is 10.5 Å². The average Bonchev–Trinajstić information content (AvgIpc) is 2.09. The molecule has 0 spiro atoms. The molecule has 0 aliphatic carbocycles. The first-order valence-corrected chi connectivity index (χ1v) is 4.71. The molecule has 0 amide bonds. The number of benzene rings is 1. The van der Waals surface area contributed by atoms with Crippen LogP contribution in [0.15, 0.2) is 18.2 Å². The molecule has 4 heteroatoms. The number of hydrogen-bond donors (Lipinski definition) is 1. The Kier molecular flexibility index (Phi) is 3.85. The van der Waals surface area contributed by atoms with Crippen LogP contribution in [0.1, 0.15) is 6.92 Å². The quantitative estimate of drug-likeness (QED) is 0.849. The minimum atomic E-state index is -0.0429. The van der Waals surface area contributed by atoms with Crippen LogP contribution in [0, 0.1) is 0 Å². The standard InChI is InChI=1S/C9H11Cl2NO/c1-6(5-12)13-9-3-2-7(10)4-8(9)11/h2-4,6H,5,12H2,1H3/t6-/m0/s1. The fourth-order valence-electron chi connectivity index (χ4n) is 0.836. The van der Waals surface area contributed by atoms with Crippen LogP contribution in [0.2, 0.25) is 10.0 Å². The third kappa shape index (κ3) is 3.07. The Balaban J connectivity index is 2.77. The van der Waals surface area contributed by atoms with Gasteiger partial charge in [0.15, 0.2) is 0 Å². The van der Waals surface area contributed by atoms with Crippen LogP contribution in [0.5, 0.6) is 5.75 Å². The first kappa shape index (κ1) is 10.6. The molecule has 0 heterocycles. The summed E-state index contributed by atoms with van der Waals surface area (Å²) in [6.07, 6.45) is -0.0429. The molecule has 13 heavy (non-hydrogen) atoms. The molecule has 0 aliphatic rings. The van der Waals surface area contributed by atoms with Gasteiger partial charge >= 0.3 is 0 Å². The van der Waals surface area contributed by atoms with Crippen molar-refractivity contribution in [2.75, 3.05) is 6.54 Å². The molecule has 1 atom stereocenters. The molecule has 0 bridgehead atoms. The molecule has 1 aromatic carbocycles. The van der Waals surface area contributed by atoms with E-state index in [0.29, 0.717) is 22.3 Å². The van der Waals surface area contributed by atoms with Gasteiger partial charge in [0.25, 0.3) is 0 Å². The van der Waals surface area contributed by atoms with Crippen molar-refractivity contribution < 1.29 is 4.74 Å². The summed E-state index contributed by atoms with van der Waals surface area (Å²) in [6.45, 7) is 2.34. The van der Waals surface area contributed by atoms with Gasteiger partial charge in [-0.15, -0.1) is 0 Å². The van der Waals surface area contributed by atoms with Crippen LogP contribution in [0.3, 0.4) is 0 Å². The van der Waals surface area contributed by atoms with Gasteiger partial charge in [-0.1, -0.05) is 23.2 Å². The minimum Gasteiger partial charge on any atom is -0.488 e. The maximum Gasteiger partial charge on any atom is 0.138 e. The van der Waals surface area contributed by atoms with Gasteiger partial charge in [-0.2, -0.15) is 0 Å². The summed E-state index contributed by atoms with van der Waals surface area (Å²) in [5.74, 6) is 0.615. The number of rotatable bonds is 3. The topological polar surface area (TPSA) is 35.2 Å². The van der Waals surface area contributed by atoms with E-state index in [9.17, 15) is 0 Å². The van der Waals surface area contributed by atoms with E-state index in [1.165, 1.54) is 0 Å². The normalized spacial score (nSPS) is 12.6. The van der Waals surface area contributed by atoms with E-state index in [2.05, 4.69) is 0 Å². The second-order valence-electron chi connectivity index (χ2n) is 2.74. The van der Waals surface area contributed by atoms with Crippen molar-refractivity contribution in [1.82, 2.24) is 0 Å². The molecule has 0 saturated heterocycles. The highest BCUT2D eigenvalue weighted by Gasteiger charge is 2.05. The highest BCUT2D eigenvalue weighted by Crippen LogP contribution is 2.27. The van der Waals surface area contributed by atoms with Crippen LogP contribution in [-0.4, -0.2) is 12.6 Å². The highest BCUT2D eigenvalue weighted by molar-refractivity contribution is 6.35. The Morgan fingerprint density at radius 2 is 2.15 bits per heavy atom. The summed E-state index contributed by atoms with van der Waals surface area (Å²) in [7, 11) is 0. The maximum atomic E-state index is 5.88. The summed E-state index contributed by atoms with van der Waals surface area (Å²) >= 11 is 11.6. The van der Waals surface area contributed by atoms with Crippen LogP contribution in [-0.2, 0) is 0 Å². The van der Waals surface area contributed by atoms with Gasteiger partial charge in [-0.25, -0.2) is 0 Å². The van der Waals surface area contributed by atoms with Gasteiger partial charge in [-0.05, 0) is 25.1 Å². The maximum absolute atomic E-state index is 5.88. The highest BCUT2D eigenvalue weighted by atomic mass is 35.5. The van der Waals surface area contributed by atoms with Gasteiger partial charge in [0, 0.05) is 11.6 Å². The zero-order valence-electron chi connectivity index (χ0n) is 7.26. The monoisotopic (exact) mass is 219 g/mol. The number of halogens is 2. The van der Waals surface area contributed by atoms with Gasteiger partial charge in [0.1, 0.15) is 11.9 Å². The van der Waals surface area contributed by atoms with Crippen LogP contribution in [0.25, 0.3) is 0 Å². The molecule has 0 aliphatic heterocycles. The molecular weight excluding hydrogens is 209 g/mol. The molecule has 1 rings (SSSR count). The van der Waals surface area contributed by atoms with Crippen LogP contribution >= 0.6 is 23.2 Å². The third-order valence-electron chi connectivity index (χ3n) is 1.55. The van der Waals surface area contributed by atoms with E-state index in [4.69, 9.17) is 33.7 Å². The van der Waals surface area contributed by atoms with Crippen molar-refractivity contribution in [3.63, 3.8) is 0 Å². The Labute approximate surface area is 87.6 Å². The third-order valence-corrected chi connectivity index (χ3v) is 2.08. The lowest BCUT2D eigenvalue weighted by Gasteiger charge is -2.13. The predicted octanol–water partition coefficient (Wildman–Crippen LogP) is 2.72. The van der Waals surface area contributed by atoms with Crippen molar-refractivity contribution in [1.29, 1.82) is 0 Å². The van der Waals surface area contributed by atoms with Crippen molar-refractivity contribution in [3.8, 4) is 5.75 Å². The van der Waals surface area contributed by atoms with E-state index in [-0.39, 0.29) is 6.10 Å². The molecule has 2 nitrogen and oxygen atoms in total. The summed E-state index contributed by atoms with van der Waals surface area (Å²) in [4.78, 5) is 0. The number of hydrogen-bond acceptors (Lipinski definition) is 2. The number of nitrogens with two attached hydrogens (primary N) is 1. The second kappa shape index (κ2) is 4.70. The molecule has 0 aromatic heterocycles. The Bertz CT molecular complexity index is 291. The van der Waals surface area contributed by atoms with Crippen molar-refractivity contribution in [2.45, 2.75) is 13.0 Å². The molecule has 2 N–H and O–H groups in total. The van der Waals surface area contributed by atoms with E-state index in [1.54, 1.807) is 18.2 Å². The smallest absolute Gasteiger partial charge is 0.138 e. The van der Waals surface area contributed by atoms with E-state index < -0.39 is 0 Å². The largest absolute Gasteiger partial charge is 0.488 e. The van der Waals surface area contributed by atoms with Gasteiger partial charge in [-0.3, -0.25) is 0 Å². The molecule has 0 radical (unpaired) electrons. The molecule has 0 unspecified atom stereocenters. The summed E-state index contributed by atoms with van der Waals surface area (Å²) in [5.41, 5.74) is 5.41. The molecule has 0 fully saturated rings. The van der Waals surface area contributed by atoms with E-state index >= 15 is 0 Å². The predicted molar refractivity (Wildman–Crippen MR) is 55.6 cm³/mol. The molecule has 0 saturated carbocycles. The molecule has 1 aromatic rings. The average molecular weight is 220 g/mol. The Morgan fingerprint density at radius 3 is 2.69 bits per heavy atom. The van der Waals surface area contributed by atoms with Gasteiger partial charge in [0.05, 0.1) is 5.02 Å². The first-order chi connectivity index (χ1) is 6.13. The number of ether oxygens (including phenoxy) is 1. The SMILES string of the molecule is C[C@@H](CN)Oc1ccc(Cl)cc1Cl. The zero-order valence-corrected chi connectivity index (χ0v) is 8.77. The fourth-order valence-corrected chi connectivity index (χ4v) is 1.29. The summed E-state index contributed by atoms with van der Waals surface area (Å²) < 4.78 is 5.43. The Hall–Kier alpha value is -0.440. The fraction of sp³-hybridized carbons (Fsp3) is 0.333. The van der Waals surface area contributed by atoms with Gasteiger partial charge in [0.2, 0.25) is 0 Å². The van der Waals surface area contributed by atoms with Crippen molar-refractivity contribution >= 4 is 23.2 Å². The summed E-state index contributed by atoms with van der Waals surface area (Å²) in [6, 6.07) is 5.10. The lowest BCUT2D eigenvalue weighted by molar-refractivity contribution is 0.230. The van der Waals surface area contributed by atoms with Crippen molar-refractivity contribution in [2.24, 2.45) is 5.73 Å². The first-order valence-electron chi connectivity index (χ1n) is 3.95. The molecular formula is C9H11Cl2NO. The van der Waals surface area contributed by atoms with E-state index in [1.807, 2.05) is 6.92 Å². The van der Waals surface area contributed by atoms with E-state index in [0.717, 1.165) is 0 Å². The lowest BCUT2D eigenvalue weighted by Crippen LogP contribution is -2.22. The van der Waals surface area contributed by atoms with Crippen molar-refractivity contribution in [3.05, 3.63) is 28.2 Å². The zero-order chi connectivity index (χ0) is 9.84. The van der Waals surface area contributed by atoms with Crippen LogP contribution < -0.4 is 10.5 Å². The Morgan fingerprint density at radius 1 is 1.46 bits per heavy atom. The second-order valence-corrected chi connectivity index (χ2v) is 3.58. The summed E-state index contributed by atoms with van der Waals surface area (Å²) in [5, 5.41) is 1.10. The van der Waals surface area contributed by atoms with Crippen LogP contribution in [0.4, 0.5) is 0 Å². The minimum absolute atomic E-state index is 0.0429. The lowest BCUT2D eigenvalue weighted by atomic mass is 10.3. The molecule has 72 valence electrons.